The molecular weight excluding hydrogens is 112 g/mol. The van der Waals surface area contributed by atoms with E-state index in [2.05, 4.69) is 12.8 Å². The zero-order valence-electron chi connectivity index (χ0n) is 6.35. The minimum absolute atomic E-state index is 0.344. The summed E-state index contributed by atoms with van der Waals surface area (Å²) < 4.78 is 0. The number of aliphatic hydroxyl groups excluding tert-OH is 1. The van der Waals surface area contributed by atoms with E-state index in [0.29, 0.717) is 6.61 Å². The Morgan fingerprint density at radius 3 is 1.89 bits per heavy atom. The molecule has 0 saturated carbocycles. The van der Waals surface area contributed by atoms with Crippen molar-refractivity contribution in [3.8, 4) is 12.3 Å². The summed E-state index contributed by atoms with van der Waals surface area (Å²) in [5, 5.41) is 8.07. The maximum absolute atomic E-state index is 8.07. The van der Waals surface area contributed by atoms with E-state index >= 15 is 0 Å². The van der Waals surface area contributed by atoms with E-state index in [4.69, 9.17) is 11.5 Å². The lowest BCUT2D eigenvalue weighted by atomic mass is 10.4. The van der Waals surface area contributed by atoms with Gasteiger partial charge in [-0.25, -0.2) is 0 Å². The Hall–Kier alpha value is -0.480. The fraction of sp³-hybridized carbons (Fsp3) is 0.750. The van der Waals surface area contributed by atoms with Crippen LogP contribution >= 0.6 is 0 Å². The van der Waals surface area contributed by atoms with Crippen LogP contribution in [0.4, 0.5) is 0 Å². The average Bonchev–Trinajstić information content (AvgIpc) is 1.91. The topological polar surface area (TPSA) is 20.2 Å². The second kappa shape index (κ2) is 15.6. The lowest BCUT2D eigenvalue weighted by molar-refractivity contribution is 0.287. The summed E-state index contributed by atoms with van der Waals surface area (Å²) in [7, 11) is 0. The Bertz CT molecular complexity index is 59.5. The molecule has 0 rings (SSSR count). The number of hydrogen-bond donors (Lipinski definition) is 1. The van der Waals surface area contributed by atoms with Crippen molar-refractivity contribution >= 4 is 0 Å². The molecule has 0 aromatic rings. The van der Waals surface area contributed by atoms with Gasteiger partial charge in [0.2, 0.25) is 0 Å². The van der Waals surface area contributed by atoms with E-state index in [9.17, 15) is 0 Å². The van der Waals surface area contributed by atoms with E-state index < -0.39 is 0 Å². The largest absolute Gasteiger partial charge is 0.396 e. The van der Waals surface area contributed by atoms with Crippen molar-refractivity contribution in [3.63, 3.8) is 0 Å². The van der Waals surface area contributed by atoms with E-state index in [1.54, 1.807) is 0 Å². The SMILES string of the molecule is C#CCC.CCCCO. The molecule has 0 amide bonds. The predicted octanol–water partition coefficient (Wildman–Crippen LogP) is 1.81. The van der Waals surface area contributed by atoms with Gasteiger partial charge in [0.05, 0.1) is 0 Å². The molecule has 0 radical (unpaired) electrons. The molecule has 0 aromatic carbocycles. The monoisotopic (exact) mass is 128 g/mol. The summed E-state index contributed by atoms with van der Waals surface area (Å²) in [4.78, 5) is 0. The van der Waals surface area contributed by atoms with Gasteiger partial charge in [-0.15, -0.1) is 12.3 Å². The Balaban J connectivity index is 0. The van der Waals surface area contributed by atoms with Crippen molar-refractivity contribution in [2.75, 3.05) is 6.61 Å². The van der Waals surface area contributed by atoms with Gasteiger partial charge in [-0.3, -0.25) is 0 Å². The second-order valence-corrected chi connectivity index (χ2v) is 1.63. The third kappa shape index (κ3) is 36.1. The van der Waals surface area contributed by atoms with Gasteiger partial charge in [-0.2, -0.15) is 0 Å². The number of terminal acetylenes is 1. The molecule has 9 heavy (non-hydrogen) atoms. The van der Waals surface area contributed by atoms with Gasteiger partial charge < -0.3 is 5.11 Å². The lowest BCUT2D eigenvalue weighted by Crippen LogP contribution is -1.75. The number of aliphatic hydroxyl groups is 1. The Labute approximate surface area is 58.1 Å². The Kier molecular flexibility index (Phi) is 19.7. The molecule has 0 heterocycles. The molecule has 0 saturated heterocycles. The van der Waals surface area contributed by atoms with Crippen LogP contribution in [0.5, 0.6) is 0 Å². The normalized spacial score (nSPS) is 6.89. The third-order valence-corrected chi connectivity index (χ3v) is 0.716. The van der Waals surface area contributed by atoms with Crippen LogP contribution in [0.25, 0.3) is 0 Å². The molecule has 0 fully saturated rings. The molecular formula is C8H16O. The summed E-state index contributed by atoms with van der Waals surface area (Å²) in [6.07, 6.45) is 7.66. The van der Waals surface area contributed by atoms with Crippen LogP contribution in [0.2, 0.25) is 0 Å². The predicted molar refractivity (Wildman–Crippen MR) is 41.1 cm³/mol. The van der Waals surface area contributed by atoms with Crippen molar-refractivity contribution in [3.05, 3.63) is 0 Å². The second-order valence-electron chi connectivity index (χ2n) is 1.63. The van der Waals surface area contributed by atoms with Crippen LogP contribution in [0.1, 0.15) is 33.1 Å². The molecule has 0 unspecified atom stereocenters. The van der Waals surface area contributed by atoms with Gasteiger partial charge in [0, 0.05) is 13.0 Å². The van der Waals surface area contributed by atoms with E-state index in [0.717, 1.165) is 19.3 Å². The molecule has 0 aromatic heterocycles. The standard InChI is InChI=1S/C4H10O.C4H6/c1-2-3-4-5;1-3-4-2/h5H,2-4H2,1H3;1H,4H2,2H3. The highest BCUT2D eigenvalue weighted by molar-refractivity contribution is 4.80. The first-order valence-corrected chi connectivity index (χ1v) is 3.37. The van der Waals surface area contributed by atoms with Crippen LogP contribution < -0.4 is 0 Å². The zero-order valence-corrected chi connectivity index (χ0v) is 6.35. The molecule has 0 aliphatic carbocycles. The van der Waals surface area contributed by atoms with Gasteiger partial charge in [-0.1, -0.05) is 20.3 Å². The van der Waals surface area contributed by atoms with Crippen LogP contribution in [0.3, 0.4) is 0 Å². The highest BCUT2D eigenvalue weighted by Crippen LogP contribution is 1.78. The van der Waals surface area contributed by atoms with Crippen LogP contribution in [0.15, 0.2) is 0 Å². The molecule has 54 valence electrons. The fourth-order valence-electron chi connectivity index (χ4n) is 0.158. The van der Waals surface area contributed by atoms with Crippen LogP contribution in [-0.4, -0.2) is 11.7 Å². The van der Waals surface area contributed by atoms with Crippen molar-refractivity contribution in [1.82, 2.24) is 0 Å². The quantitative estimate of drug-likeness (QED) is 0.562. The summed E-state index contributed by atoms with van der Waals surface area (Å²) in [5.74, 6) is 2.43. The molecule has 1 N–H and O–H groups in total. The summed E-state index contributed by atoms with van der Waals surface area (Å²) >= 11 is 0. The van der Waals surface area contributed by atoms with Gasteiger partial charge >= 0.3 is 0 Å². The Morgan fingerprint density at radius 1 is 1.44 bits per heavy atom. The maximum atomic E-state index is 8.07. The third-order valence-electron chi connectivity index (χ3n) is 0.716. The van der Waals surface area contributed by atoms with Gasteiger partial charge in [0.1, 0.15) is 0 Å². The van der Waals surface area contributed by atoms with E-state index in [1.165, 1.54) is 0 Å². The highest BCUT2D eigenvalue weighted by atomic mass is 16.2. The van der Waals surface area contributed by atoms with Crippen LogP contribution in [0, 0.1) is 12.3 Å². The summed E-state index contributed by atoms with van der Waals surface area (Å²) in [5.41, 5.74) is 0. The van der Waals surface area contributed by atoms with E-state index in [-0.39, 0.29) is 0 Å². The van der Waals surface area contributed by atoms with Crippen molar-refractivity contribution in [2.24, 2.45) is 0 Å². The molecule has 0 bridgehead atoms. The van der Waals surface area contributed by atoms with Crippen molar-refractivity contribution < 1.29 is 5.11 Å². The minimum Gasteiger partial charge on any atom is -0.396 e. The maximum Gasteiger partial charge on any atom is 0.0430 e. The smallest absolute Gasteiger partial charge is 0.0430 e. The zero-order chi connectivity index (χ0) is 7.54. The number of rotatable bonds is 2. The molecule has 1 nitrogen and oxygen atoms in total. The van der Waals surface area contributed by atoms with Gasteiger partial charge in [0.15, 0.2) is 0 Å². The highest BCUT2D eigenvalue weighted by Gasteiger charge is 1.69. The fourth-order valence-corrected chi connectivity index (χ4v) is 0.158. The average molecular weight is 128 g/mol. The molecule has 0 atom stereocenters. The first-order chi connectivity index (χ1) is 4.33. The van der Waals surface area contributed by atoms with Gasteiger partial charge in [-0.05, 0) is 6.42 Å². The summed E-state index contributed by atoms with van der Waals surface area (Å²) in [6.45, 7) is 4.34. The molecule has 0 aliphatic rings. The summed E-state index contributed by atoms with van der Waals surface area (Å²) in [6, 6.07) is 0. The first kappa shape index (κ1) is 11.3. The van der Waals surface area contributed by atoms with Crippen molar-refractivity contribution in [1.29, 1.82) is 0 Å². The first-order valence-electron chi connectivity index (χ1n) is 3.37. The van der Waals surface area contributed by atoms with E-state index in [1.807, 2.05) is 6.92 Å². The number of unbranched alkanes of at least 4 members (excludes halogenated alkanes) is 1. The lowest BCUT2D eigenvalue weighted by Gasteiger charge is -1.79. The van der Waals surface area contributed by atoms with Crippen molar-refractivity contribution in [2.45, 2.75) is 33.1 Å². The number of hydrogen-bond acceptors (Lipinski definition) is 1. The van der Waals surface area contributed by atoms with Gasteiger partial charge in [0.25, 0.3) is 0 Å². The molecule has 0 spiro atoms. The minimum atomic E-state index is 0.344. The van der Waals surface area contributed by atoms with Crippen LogP contribution in [-0.2, 0) is 0 Å². The molecule has 0 aliphatic heterocycles. The Morgan fingerprint density at radius 2 is 1.89 bits per heavy atom. The molecule has 1 heteroatoms.